The normalized spacial score (nSPS) is 14.1. The fraction of sp³-hybridized carbons (Fsp3) is 0.333. The largest absolute Gasteiger partial charge is 0.256 e. The van der Waals surface area contributed by atoms with Crippen molar-refractivity contribution in [2.24, 2.45) is 0 Å². The smallest absolute Gasteiger partial charge is 0.0705 e. The highest BCUT2D eigenvalue weighted by atomic mass is 14.9. The molecule has 1 aliphatic rings. The van der Waals surface area contributed by atoms with Crippen LogP contribution in [0.2, 0.25) is 0 Å². The van der Waals surface area contributed by atoms with Gasteiger partial charge in [0, 0.05) is 11.8 Å². The minimum Gasteiger partial charge on any atom is -0.256 e. The lowest BCUT2D eigenvalue weighted by atomic mass is 9.83. The lowest BCUT2D eigenvalue weighted by Gasteiger charge is -2.21. The molecule has 0 fully saturated rings. The van der Waals surface area contributed by atoms with Crippen molar-refractivity contribution in [3.8, 4) is 0 Å². The molecule has 1 heteroatoms. The average Bonchev–Trinajstić information content (AvgIpc) is 2.48. The van der Waals surface area contributed by atoms with Gasteiger partial charge in [0.2, 0.25) is 0 Å². The second-order valence-corrected chi connectivity index (χ2v) is 4.43. The van der Waals surface area contributed by atoms with E-state index in [0.29, 0.717) is 0 Å². The van der Waals surface area contributed by atoms with Gasteiger partial charge in [-0.3, -0.25) is 5.32 Å². The molecule has 0 saturated carbocycles. The first-order valence-electron chi connectivity index (χ1n) is 4.60. The number of rotatable bonds is 0. The molecule has 1 aliphatic heterocycles. The molecule has 2 rings (SSSR count). The zero-order chi connectivity index (χ0) is 9.47. The van der Waals surface area contributed by atoms with Crippen LogP contribution in [0.3, 0.4) is 0 Å². The van der Waals surface area contributed by atoms with Crippen LogP contribution in [0, 0.1) is 0 Å². The molecule has 1 aromatic rings. The monoisotopic (exact) mass is 172 g/mol. The van der Waals surface area contributed by atoms with E-state index in [1.54, 1.807) is 0 Å². The lowest BCUT2D eigenvalue weighted by Crippen LogP contribution is -2.12. The van der Waals surface area contributed by atoms with Crippen molar-refractivity contribution < 1.29 is 0 Å². The predicted molar refractivity (Wildman–Crippen MR) is 56.0 cm³/mol. The summed E-state index contributed by atoms with van der Waals surface area (Å²) in [5.74, 6) is 0. The Bertz CT molecular complexity index is 356. The SMILES string of the molecule is CC(C)(C)c1cccc2c1C=C[N]2. The maximum atomic E-state index is 4.29. The van der Waals surface area contributed by atoms with E-state index in [1.165, 1.54) is 11.1 Å². The zero-order valence-corrected chi connectivity index (χ0v) is 8.33. The van der Waals surface area contributed by atoms with Crippen molar-refractivity contribution in [3.05, 3.63) is 35.5 Å². The molecule has 13 heavy (non-hydrogen) atoms. The quantitative estimate of drug-likeness (QED) is 0.570. The Labute approximate surface area is 79.5 Å². The summed E-state index contributed by atoms with van der Waals surface area (Å²) >= 11 is 0. The van der Waals surface area contributed by atoms with Gasteiger partial charge in [0.15, 0.2) is 0 Å². The van der Waals surface area contributed by atoms with Gasteiger partial charge in [0.05, 0.1) is 5.69 Å². The fourth-order valence-electron chi connectivity index (χ4n) is 1.69. The number of hydrogen-bond donors (Lipinski definition) is 0. The van der Waals surface area contributed by atoms with Crippen LogP contribution < -0.4 is 5.32 Å². The number of benzene rings is 1. The van der Waals surface area contributed by atoms with Crippen molar-refractivity contribution in [2.75, 3.05) is 0 Å². The van der Waals surface area contributed by atoms with Crippen LogP contribution in [-0.2, 0) is 5.41 Å². The first-order valence-corrected chi connectivity index (χ1v) is 4.60. The average molecular weight is 172 g/mol. The van der Waals surface area contributed by atoms with Gasteiger partial charge in [-0.2, -0.15) is 0 Å². The molecule has 0 amide bonds. The summed E-state index contributed by atoms with van der Waals surface area (Å²) in [6.45, 7) is 6.69. The minimum atomic E-state index is 0.204. The van der Waals surface area contributed by atoms with Gasteiger partial charge in [-0.25, -0.2) is 0 Å². The van der Waals surface area contributed by atoms with E-state index in [9.17, 15) is 0 Å². The predicted octanol–water partition coefficient (Wildman–Crippen LogP) is 3.20. The van der Waals surface area contributed by atoms with Gasteiger partial charge in [-0.1, -0.05) is 32.9 Å². The molecule has 1 aromatic carbocycles. The highest BCUT2D eigenvalue weighted by molar-refractivity contribution is 5.72. The van der Waals surface area contributed by atoms with Gasteiger partial charge in [-0.15, -0.1) is 0 Å². The summed E-state index contributed by atoms with van der Waals surface area (Å²) in [4.78, 5) is 0. The van der Waals surface area contributed by atoms with Gasteiger partial charge < -0.3 is 0 Å². The molecule has 67 valence electrons. The van der Waals surface area contributed by atoms with E-state index in [4.69, 9.17) is 0 Å². The molecule has 0 unspecified atom stereocenters. The summed E-state index contributed by atoms with van der Waals surface area (Å²) < 4.78 is 0. The van der Waals surface area contributed by atoms with Gasteiger partial charge >= 0.3 is 0 Å². The second-order valence-electron chi connectivity index (χ2n) is 4.43. The Hall–Kier alpha value is -1.24. The first-order chi connectivity index (χ1) is 6.09. The number of fused-ring (bicyclic) bond motifs is 1. The van der Waals surface area contributed by atoms with Crippen LogP contribution >= 0.6 is 0 Å². The molecule has 0 N–H and O–H groups in total. The molecule has 1 radical (unpaired) electrons. The van der Waals surface area contributed by atoms with Crippen LogP contribution in [0.25, 0.3) is 6.08 Å². The topological polar surface area (TPSA) is 14.1 Å². The highest BCUT2D eigenvalue weighted by Crippen LogP contribution is 2.33. The molecule has 0 saturated heterocycles. The maximum Gasteiger partial charge on any atom is 0.0705 e. The van der Waals surface area contributed by atoms with E-state index >= 15 is 0 Å². The van der Waals surface area contributed by atoms with E-state index < -0.39 is 0 Å². The summed E-state index contributed by atoms with van der Waals surface area (Å²) in [6, 6.07) is 6.32. The third-order valence-electron chi connectivity index (χ3n) is 2.35. The maximum absolute atomic E-state index is 4.29. The van der Waals surface area contributed by atoms with E-state index in [1.807, 2.05) is 6.20 Å². The van der Waals surface area contributed by atoms with E-state index in [-0.39, 0.29) is 5.41 Å². The Balaban J connectivity index is 2.59. The Morgan fingerprint density at radius 1 is 1.15 bits per heavy atom. The van der Waals surface area contributed by atoms with E-state index in [2.05, 4.69) is 50.4 Å². The van der Waals surface area contributed by atoms with Crippen molar-refractivity contribution in [3.63, 3.8) is 0 Å². The lowest BCUT2D eigenvalue weighted by molar-refractivity contribution is 0.589. The van der Waals surface area contributed by atoms with Crippen molar-refractivity contribution in [2.45, 2.75) is 26.2 Å². The van der Waals surface area contributed by atoms with Crippen LogP contribution in [0.5, 0.6) is 0 Å². The number of hydrogen-bond acceptors (Lipinski definition) is 0. The summed E-state index contributed by atoms with van der Waals surface area (Å²) in [5.41, 5.74) is 3.97. The fourth-order valence-corrected chi connectivity index (χ4v) is 1.69. The molecule has 1 nitrogen and oxygen atoms in total. The summed E-state index contributed by atoms with van der Waals surface area (Å²) in [7, 11) is 0. The van der Waals surface area contributed by atoms with Gasteiger partial charge in [0.1, 0.15) is 0 Å². The molecule has 0 aliphatic carbocycles. The molecule has 0 atom stereocenters. The standard InChI is InChI=1S/C12H14N/c1-12(2,3)10-5-4-6-11-9(10)7-8-13-11/h4-8H,1-3H3. The number of nitrogens with zero attached hydrogens (tertiary/aromatic N) is 1. The first kappa shape index (κ1) is 8.36. The third kappa shape index (κ3) is 1.35. The Morgan fingerprint density at radius 3 is 2.62 bits per heavy atom. The highest BCUT2D eigenvalue weighted by Gasteiger charge is 2.20. The van der Waals surface area contributed by atoms with Gasteiger partial charge in [0.25, 0.3) is 0 Å². The second kappa shape index (κ2) is 2.63. The van der Waals surface area contributed by atoms with Crippen molar-refractivity contribution in [1.82, 2.24) is 5.32 Å². The van der Waals surface area contributed by atoms with Crippen LogP contribution in [0.4, 0.5) is 5.69 Å². The molecule has 0 aromatic heterocycles. The van der Waals surface area contributed by atoms with Crippen LogP contribution in [0.1, 0.15) is 31.9 Å². The Kier molecular flexibility index (Phi) is 1.69. The molecule has 0 spiro atoms. The van der Waals surface area contributed by atoms with Crippen molar-refractivity contribution >= 4 is 11.8 Å². The van der Waals surface area contributed by atoms with Gasteiger partial charge in [-0.05, 0) is 23.1 Å². The third-order valence-corrected chi connectivity index (χ3v) is 2.35. The molecular formula is C12H14N. The van der Waals surface area contributed by atoms with Crippen LogP contribution in [0.15, 0.2) is 24.4 Å². The minimum absolute atomic E-state index is 0.204. The molecular weight excluding hydrogens is 158 g/mol. The summed E-state index contributed by atoms with van der Waals surface area (Å²) in [6.07, 6.45) is 3.97. The van der Waals surface area contributed by atoms with Crippen molar-refractivity contribution in [1.29, 1.82) is 0 Å². The van der Waals surface area contributed by atoms with Crippen LogP contribution in [-0.4, -0.2) is 0 Å². The summed E-state index contributed by atoms with van der Waals surface area (Å²) in [5, 5.41) is 4.29. The Morgan fingerprint density at radius 2 is 1.92 bits per heavy atom. The molecule has 0 bridgehead atoms. The molecule has 1 heterocycles. The zero-order valence-electron chi connectivity index (χ0n) is 8.33. The van der Waals surface area contributed by atoms with E-state index in [0.717, 1.165) is 5.69 Å².